The fourth-order valence-corrected chi connectivity index (χ4v) is 4.14. The Morgan fingerprint density at radius 3 is 2.18 bits per heavy atom. The van der Waals surface area contributed by atoms with E-state index in [2.05, 4.69) is 5.32 Å². The number of rotatable bonds is 8. The van der Waals surface area contributed by atoms with Gasteiger partial charge in [0.2, 0.25) is 5.91 Å². The van der Waals surface area contributed by atoms with Crippen LogP contribution in [-0.4, -0.2) is 65.2 Å². The molecule has 0 aliphatic rings. The SMILES string of the molecule is CCN(C)C(=O)c1cc(C(=N)C(=O)Nc2ccc(C#N)cc2C(=O)O)c(O)cc1-c1ccc(N(C)C(C)=O)cc1C(F)(F)F. The summed E-state index contributed by atoms with van der Waals surface area (Å²) in [6.45, 7) is 2.92. The molecule has 0 aliphatic heterocycles. The molecule has 3 amide bonds. The number of phenols is 1. The summed E-state index contributed by atoms with van der Waals surface area (Å²) >= 11 is 0. The number of hydrogen-bond donors (Lipinski definition) is 4. The number of carboxylic acid groups (broad SMARTS) is 1. The Morgan fingerprint density at radius 2 is 1.64 bits per heavy atom. The molecule has 228 valence electrons. The van der Waals surface area contributed by atoms with Crippen LogP contribution in [0.5, 0.6) is 5.75 Å². The zero-order valence-electron chi connectivity index (χ0n) is 23.8. The van der Waals surface area contributed by atoms with Crippen molar-refractivity contribution < 1.29 is 42.6 Å². The van der Waals surface area contributed by atoms with Crippen molar-refractivity contribution in [2.75, 3.05) is 30.9 Å². The van der Waals surface area contributed by atoms with Crippen molar-refractivity contribution in [2.45, 2.75) is 20.0 Å². The summed E-state index contributed by atoms with van der Waals surface area (Å²) in [7, 11) is 2.67. The molecule has 0 heterocycles. The van der Waals surface area contributed by atoms with Crippen molar-refractivity contribution in [2.24, 2.45) is 0 Å². The van der Waals surface area contributed by atoms with E-state index < -0.39 is 63.6 Å². The van der Waals surface area contributed by atoms with Gasteiger partial charge in [0.25, 0.3) is 11.8 Å². The van der Waals surface area contributed by atoms with E-state index in [0.717, 1.165) is 41.3 Å². The van der Waals surface area contributed by atoms with E-state index in [-0.39, 0.29) is 34.6 Å². The first-order valence-electron chi connectivity index (χ1n) is 12.8. The van der Waals surface area contributed by atoms with Crippen LogP contribution >= 0.6 is 0 Å². The molecule has 0 spiro atoms. The lowest BCUT2D eigenvalue weighted by atomic mass is 9.90. The number of halogens is 3. The molecule has 0 unspecified atom stereocenters. The second kappa shape index (κ2) is 12.7. The van der Waals surface area contributed by atoms with Gasteiger partial charge in [0, 0.05) is 44.4 Å². The van der Waals surface area contributed by atoms with E-state index in [9.17, 15) is 42.6 Å². The minimum atomic E-state index is -4.95. The molecule has 3 aromatic carbocycles. The molecule has 3 rings (SSSR count). The average molecular weight is 610 g/mol. The number of nitriles is 1. The van der Waals surface area contributed by atoms with Gasteiger partial charge in [-0.2, -0.15) is 18.4 Å². The maximum atomic E-state index is 14.3. The molecule has 0 saturated heterocycles. The molecule has 4 N–H and O–H groups in total. The fraction of sp³-hybridized carbons (Fsp3) is 0.200. The van der Waals surface area contributed by atoms with Crippen LogP contribution < -0.4 is 10.2 Å². The lowest BCUT2D eigenvalue weighted by Gasteiger charge is -2.23. The summed E-state index contributed by atoms with van der Waals surface area (Å²) in [4.78, 5) is 51.9. The first kappa shape index (κ1) is 32.8. The van der Waals surface area contributed by atoms with E-state index in [1.165, 1.54) is 38.1 Å². The number of carboxylic acids is 1. The molecular weight excluding hydrogens is 583 g/mol. The molecule has 11 nitrogen and oxygen atoms in total. The highest BCUT2D eigenvalue weighted by Gasteiger charge is 2.36. The molecule has 0 atom stereocenters. The third kappa shape index (κ3) is 6.67. The number of aromatic hydroxyl groups is 1. The minimum absolute atomic E-state index is 0.00824. The van der Waals surface area contributed by atoms with Crippen LogP contribution in [0.4, 0.5) is 24.5 Å². The van der Waals surface area contributed by atoms with Gasteiger partial charge < -0.3 is 25.3 Å². The highest BCUT2D eigenvalue weighted by atomic mass is 19.4. The van der Waals surface area contributed by atoms with Gasteiger partial charge in [-0.1, -0.05) is 6.07 Å². The van der Waals surface area contributed by atoms with Crippen LogP contribution in [0, 0.1) is 16.7 Å². The summed E-state index contributed by atoms with van der Waals surface area (Å²) < 4.78 is 42.9. The first-order chi connectivity index (χ1) is 20.5. The average Bonchev–Trinajstić information content (AvgIpc) is 2.98. The number of alkyl halides is 3. The Bertz CT molecular complexity index is 1750. The maximum absolute atomic E-state index is 14.3. The van der Waals surface area contributed by atoms with E-state index in [1.54, 1.807) is 13.0 Å². The largest absolute Gasteiger partial charge is 0.507 e. The Kier molecular flexibility index (Phi) is 9.44. The molecule has 0 aliphatic carbocycles. The number of benzene rings is 3. The number of anilines is 2. The normalized spacial score (nSPS) is 10.9. The van der Waals surface area contributed by atoms with Crippen LogP contribution in [0.2, 0.25) is 0 Å². The number of amides is 3. The highest BCUT2D eigenvalue weighted by molar-refractivity contribution is 6.48. The quantitative estimate of drug-likeness (QED) is 0.267. The van der Waals surface area contributed by atoms with Crippen LogP contribution in [0.15, 0.2) is 48.5 Å². The van der Waals surface area contributed by atoms with E-state index in [0.29, 0.717) is 0 Å². The molecule has 3 aromatic rings. The van der Waals surface area contributed by atoms with Crippen LogP contribution in [0.1, 0.15) is 51.3 Å². The zero-order valence-corrected chi connectivity index (χ0v) is 23.8. The molecule has 0 saturated carbocycles. The lowest BCUT2D eigenvalue weighted by molar-refractivity contribution is -0.137. The lowest BCUT2D eigenvalue weighted by Crippen LogP contribution is -2.28. The second-order valence-electron chi connectivity index (χ2n) is 9.55. The molecule has 44 heavy (non-hydrogen) atoms. The monoisotopic (exact) mass is 609 g/mol. The Labute approximate surface area is 249 Å². The van der Waals surface area contributed by atoms with Crippen molar-refractivity contribution >= 4 is 40.8 Å². The van der Waals surface area contributed by atoms with E-state index >= 15 is 0 Å². The van der Waals surface area contributed by atoms with E-state index in [1.807, 2.05) is 0 Å². The highest BCUT2D eigenvalue weighted by Crippen LogP contribution is 2.42. The topological polar surface area (TPSA) is 175 Å². The summed E-state index contributed by atoms with van der Waals surface area (Å²) in [5.41, 5.74) is -4.70. The van der Waals surface area contributed by atoms with Gasteiger partial charge in [-0.3, -0.25) is 19.8 Å². The molecule has 0 aromatic heterocycles. The van der Waals surface area contributed by atoms with E-state index in [4.69, 9.17) is 10.7 Å². The predicted molar refractivity (Wildman–Crippen MR) is 154 cm³/mol. The fourth-order valence-electron chi connectivity index (χ4n) is 4.14. The molecule has 0 radical (unpaired) electrons. The van der Waals surface area contributed by atoms with Crippen molar-refractivity contribution in [3.05, 3.63) is 76.3 Å². The summed E-state index contributed by atoms with van der Waals surface area (Å²) in [6, 6.07) is 9.88. The summed E-state index contributed by atoms with van der Waals surface area (Å²) in [5.74, 6) is -4.81. The van der Waals surface area contributed by atoms with Gasteiger partial charge in [0.15, 0.2) is 0 Å². The molecule has 14 heteroatoms. The number of aromatic carboxylic acids is 1. The third-order valence-corrected chi connectivity index (χ3v) is 6.77. The second-order valence-corrected chi connectivity index (χ2v) is 9.55. The van der Waals surface area contributed by atoms with Crippen molar-refractivity contribution in [3.8, 4) is 22.9 Å². The molecule has 0 fully saturated rings. The third-order valence-electron chi connectivity index (χ3n) is 6.77. The van der Waals surface area contributed by atoms with Crippen LogP contribution in [-0.2, 0) is 15.8 Å². The van der Waals surface area contributed by atoms with Crippen molar-refractivity contribution in [1.29, 1.82) is 10.7 Å². The number of carbonyl (C=O) groups excluding carboxylic acids is 3. The minimum Gasteiger partial charge on any atom is -0.507 e. The standard InChI is InChI=1S/C30H26F3N5O6/c1-5-37(3)28(42)20-12-22(26(35)27(41)36-24-9-6-16(14-34)10-21(24)29(43)44)25(40)13-19(20)18-8-7-17(38(4)15(2)39)11-23(18)30(31,32)33/h6-13,35,40H,5H2,1-4H3,(H,36,41)(H,43,44). The van der Waals surface area contributed by atoms with Crippen molar-refractivity contribution in [1.82, 2.24) is 4.90 Å². The molecular formula is C30H26F3N5O6. The number of phenolic OH excluding ortho intramolecular Hbond substituents is 1. The van der Waals surface area contributed by atoms with Gasteiger partial charge in [-0.15, -0.1) is 0 Å². The van der Waals surface area contributed by atoms with Gasteiger partial charge >= 0.3 is 12.1 Å². The maximum Gasteiger partial charge on any atom is 0.417 e. The van der Waals surface area contributed by atoms with Gasteiger partial charge in [0.1, 0.15) is 11.5 Å². The number of nitrogens with one attached hydrogen (secondary N) is 2. The Morgan fingerprint density at radius 1 is 0.977 bits per heavy atom. The molecule has 0 bridgehead atoms. The van der Waals surface area contributed by atoms with Gasteiger partial charge in [-0.05, 0) is 60.5 Å². The Balaban J connectivity index is 2.20. The number of carbonyl (C=O) groups is 4. The first-order valence-corrected chi connectivity index (χ1v) is 12.8. The zero-order chi connectivity index (χ0) is 33.1. The van der Waals surface area contributed by atoms with Crippen LogP contribution in [0.25, 0.3) is 11.1 Å². The predicted octanol–water partition coefficient (Wildman–Crippen LogP) is 4.73. The summed E-state index contributed by atoms with van der Waals surface area (Å²) in [6.07, 6.45) is -4.95. The van der Waals surface area contributed by atoms with Gasteiger partial charge in [-0.25, -0.2) is 4.79 Å². The van der Waals surface area contributed by atoms with Crippen LogP contribution in [0.3, 0.4) is 0 Å². The summed E-state index contributed by atoms with van der Waals surface area (Å²) in [5, 5.41) is 40.0. The van der Waals surface area contributed by atoms with Gasteiger partial charge in [0.05, 0.1) is 28.4 Å². The smallest absolute Gasteiger partial charge is 0.417 e. The Hall–Kier alpha value is -5.71. The van der Waals surface area contributed by atoms with Crippen molar-refractivity contribution in [3.63, 3.8) is 0 Å². The number of hydrogen-bond acceptors (Lipinski definition) is 7. The number of nitrogens with zero attached hydrogens (tertiary/aromatic N) is 3.